The van der Waals surface area contributed by atoms with Crippen molar-refractivity contribution >= 4 is 0 Å². The first-order valence-corrected chi connectivity index (χ1v) is 6.40. The van der Waals surface area contributed by atoms with Crippen molar-refractivity contribution in [3.8, 4) is 5.75 Å². The van der Waals surface area contributed by atoms with Crippen LogP contribution in [0, 0.1) is 5.82 Å². The summed E-state index contributed by atoms with van der Waals surface area (Å²) in [5.74, 6) is -0.472. The van der Waals surface area contributed by atoms with Gasteiger partial charge in [0.1, 0.15) is 0 Å². The van der Waals surface area contributed by atoms with Gasteiger partial charge in [-0.2, -0.15) is 0 Å². The fraction of sp³-hybridized carbons (Fsp3) is 0.250. The van der Waals surface area contributed by atoms with Crippen LogP contribution in [0.4, 0.5) is 4.39 Å². The van der Waals surface area contributed by atoms with Gasteiger partial charge in [0.05, 0.1) is 0 Å². The van der Waals surface area contributed by atoms with E-state index < -0.39 is 5.82 Å². The molecule has 0 aromatic heterocycles. The lowest BCUT2D eigenvalue weighted by Gasteiger charge is -2.13. The lowest BCUT2D eigenvalue weighted by molar-refractivity contribution is 0.431. The molecule has 0 heterocycles. The van der Waals surface area contributed by atoms with Gasteiger partial charge >= 0.3 is 0 Å². The van der Waals surface area contributed by atoms with Gasteiger partial charge < -0.3 is 10.4 Å². The zero-order valence-electron chi connectivity index (χ0n) is 10.9. The van der Waals surface area contributed by atoms with Crippen LogP contribution in [-0.4, -0.2) is 11.7 Å². The van der Waals surface area contributed by atoms with Gasteiger partial charge in [0.25, 0.3) is 0 Å². The average molecular weight is 259 g/mol. The fourth-order valence-electron chi connectivity index (χ4n) is 1.99. The fourth-order valence-corrected chi connectivity index (χ4v) is 1.99. The van der Waals surface area contributed by atoms with Crippen LogP contribution in [0.2, 0.25) is 0 Å². The van der Waals surface area contributed by atoms with Crippen molar-refractivity contribution in [1.29, 1.82) is 0 Å². The maximum Gasteiger partial charge on any atom is 0.165 e. The van der Waals surface area contributed by atoms with E-state index in [4.69, 9.17) is 5.11 Å². The number of hydrogen-bond acceptors (Lipinski definition) is 2. The number of phenolic OH excluding ortho intramolecular Hbond substituents is 1. The minimum atomic E-state index is -0.574. The summed E-state index contributed by atoms with van der Waals surface area (Å²) in [4.78, 5) is 0. The third kappa shape index (κ3) is 3.80. The zero-order chi connectivity index (χ0) is 13.7. The number of rotatable bonds is 5. The van der Waals surface area contributed by atoms with E-state index in [2.05, 4.69) is 24.4 Å². The molecule has 1 unspecified atom stereocenters. The molecular formula is C16H18FNO. The Kier molecular flexibility index (Phi) is 4.53. The Balaban J connectivity index is 1.85. The van der Waals surface area contributed by atoms with Crippen LogP contribution in [0.1, 0.15) is 24.0 Å². The maximum absolute atomic E-state index is 13.2. The van der Waals surface area contributed by atoms with E-state index in [0.29, 0.717) is 12.5 Å². The summed E-state index contributed by atoms with van der Waals surface area (Å²) in [6.07, 6.45) is 0. The molecule has 1 atom stereocenters. The normalized spacial score (nSPS) is 12.3. The minimum absolute atomic E-state index is 0.304. The number of nitrogens with one attached hydrogen (secondary N) is 1. The van der Waals surface area contributed by atoms with Crippen molar-refractivity contribution in [1.82, 2.24) is 5.32 Å². The second-order valence-corrected chi connectivity index (χ2v) is 4.73. The topological polar surface area (TPSA) is 32.3 Å². The van der Waals surface area contributed by atoms with Gasteiger partial charge in [-0.05, 0) is 29.2 Å². The summed E-state index contributed by atoms with van der Waals surface area (Å²) in [5.41, 5.74) is 2.11. The molecule has 0 fully saturated rings. The van der Waals surface area contributed by atoms with Crippen molar-refractivity contribution < 1.29 is 9.50 Å². The summed E-state index contributed by atoms with van der Waals surface area (Å²) in [6, 6.07) is 14.7. The molecule has 0 aliphatic rings. The van der Waals surface area contributed by atoms with Crippen LogP contribution in [0.5, 0.6) is 5.75 Å². The van der Waals surface area contributed by atoms with Crippen molar-refractivity contribution in [2.24, 2.45) is 0 Å². The smallest absolute Gasteiger partial charge is 0.165 e. The highest BCUT2D eigenvalue weighted by molar-refractivity contribution is 5.28. The van der Waals surface area contributed by atoms with E-state index in [0.717, 1.165) is 12.1 Å². The molecule has 0 aliphatic heterocycles. The Labute approximate surface area is 112 Å². The predicted octanol–water partition coefficient (Wildman–Crippen LogP) is 3.42. The van der Waals surface area contributed by atoms with E-state index in [1.165, 1.54) is 17.7 Å². The van der Waals surface area contributed by atoms with E-state index in [1.54, 1.807) is 6.07 Å². The summed E-state index contributed by atoms with van der Waals surface area (Å²) in [5, 5.41) is 12.4. The summed E-state index contributed by atoms with van der Waals surface area (Å²) in [7, 11) is 0. The van der Waals surface area contributed by atoms with Crippen molar-refractivity contribution in [3.63, 3.8) is 0 Å². The molecule has 0 radical (unpaired) electrons. The monoisotopic (exact) mass is 259 g/mol. The molecule has 0 aliphatic carbocycles. The molecule has 2 aromatic rings. The number of aromatic hydroxyl groups is 1. The van der Waals surface area contributed by atoms with Gasteiger partial charge in [-0.3, -0.25) is 0 Å². The van der Waals surface area contributed by atoms with Gasteiger partial charge in [-0.1, -0.05) is 43.3 Å². The zero-order valence-corrected chi connectivity index (χ0v) is 10.9. The van der Waals surface area contributed by atoms with E-state index >= 15 is 0 Å². The van der Waals surface area contributed by atoms with Crippen molar-refractivity contribution in [3.05, 3.63) is 65.5 Å². The Morgan fingerprint density at radius 3 is 2.58 bits per heavy atom. The molecule has 0 amide bonds. The highest BCUT2D eigenvalue weighted by Crippen LogP contribution is 2.17. The molecule has 2 nitrogen and oxygen atoms in total. The first-order chi connectivity index (χ1) is 9.16. The van der Waals surface area contributed by atoms with E-state index in [-0.39, 0.29) is 5.75 Å². The molecule has 0 saturated carbocycles. The summed E-state index contributed by atoms with van der Waals surface area (Å²) < 4.78 is 13.2. The second kappa shape index (κ2) is 6.34. The maximum atomic E-state index is 13.2. The van der Waals surface area contributed by atoms with Gasteiger partial charge in [0.15, 0.2) is 11.6 Å². The van der Waals surface area contributed by atoms with Crippen LogP contribution < -0.4 is 5.32 Å². The quantitative estimate of drug-likeness (QED) is 0.862. The van der Waals surface area contributed by atoms with Crippen molar-refractivity contribution in [2.45, 2.75) is 19.4 Å². The molecule has 2 rings (SSSR count). The lowest BCUT2D eigenvalue weighted by atomic mass is 10.0. The molecule has 0 spiro atoms. The second-order valence-electron chi connectivity index (χ2n) is 4.73. The van der Waals surface area contributed by atoms with Crippen LogP contribution in [-0.2, 0) is 6.54 Å². The molecule has 2 aromatic carbocycles. The van der Waals surface area contributed by atoms with Crippen LogP contribution >= 0.6 is 0 Å². The molecule has 19 heavy (non-hydrogen) atoms. The number of phenols is 1. The van der Waals surface area contributed by atoms with Gasteiger partial charge in [0, 0.05) is 13.1 Å². The summed E-state index contributed by atoms with van der Waals surface area (Å²) in [6.45, 7) is 3.57. The molecule has 2 N–H and O–H groups in total. The number of benzene rings is 2. The Morgan fingerprint density at radius 2 is 1.89 bits per heavy atom. The Bertz CT molecular complexity index is 528. The first kappa shape index (κ1) is 13.6. The van der Waals surface area contributed by atoms with E-state index in [1.807, 2.05) is 18.2 Å². The Morgan fingerprint density at radius 1 is 1.16 bits per heavy atom. The molecule has 3 heteroatoms. The highest BCUT2D eigenvalue weighted by atomic mass is 19.1. The van der Waals surface area contributed by atoms with Gasteiger partial charge in [-0.25, -0.2) is 4.39 Å². The molecular weight excluding hydrogens is 241 g/mol. The lowest BCUT2D eigenvalue weighted by Crippen LogP contribution is -2.19. The SMILES string of the molecule is CC(CNCc1ccc(O)c(F)c1)c1ccccc1. The molecule has 100 valence electrons. The van der Waals surface area contributed by atoms with Crippen molar-refractivity contribution in [2.75, 3.05) is 6.54 Å². The predicted molar refractivity (Wildman–Crippen MR) is 74.6 cm³/mol. The number of halogens is 1. The minimum Gasteiger partial charge on any atom is -0.505 e. The van der Waals surface area contributed by atoms with Gasteiger partial charge in [0.2, 0.25) is 0 Å². The standard InChI is InChI=1S/C16H18FNO/c1-12(14-5-3-2-4-6-14)10-18-11-13-7-8-16(19)15(17)9-13/h2-9,12,18-19H,10-11H2,1H3. The van der Waals surface area contributed by atoms with Gasteiger partial charge in [-0.15, -0.1) is 0 Å². The third-order valence-corrected chi connectivity index (χ3v) is 3.16. The first-order valence-electron chi connectivity index (χ1n) is 6.40. The van der Waals surface area contributed by atoms with Crippen LogP contribution in [0.15, 0.2) is 48.5 Å². The average Bonchev–Trinajstić information content (AvgIpc) is 2.43. The van der Waals surface area contributed by atoms with Crippen LogP contribution in [0.3, 0.4) is 0 Å². The molecule has 0 saturated heterocycles. The highest BCUT2D eigenvalue weighted by Gasteiger charge is 2.05. The van der Waals surface area contributed by atoms with E-state index in [9.17, 15) is 4.39 Å². The third-order valence-electron chi connectivity index (χ3n) is 3.16. The molecule has 0 bridgehead atoms. The van der Waals surface area contributed by atoms with Crippen LogP contribution in [0.25, 0.3) is 0 Å². The Hall–Kier alpha value is -1.87. The largest absolute Gasteiger partial charge is 0.505 e. The number of hydrogen-bond donors (Lipinski definition) is 2. The summed E-state index contributed by atoms with van der Waals surface area (Å²) >= 11 is 0.